The fourth-order valence-electron chi connectivity index (χ4n) is 4.48. The maximum atomic E-state index is 13.2. The third-order valence-electron chi connectivity index (χ3n) is 6.35. The average molecular weight is 448 g/mol. The van der Waals surface area contributed by atoms with Gasteiger partial charge >= 0.3 is 0 Å². The van der Waals surface area contributed by atoms with Gasteiger partial charge in [0.25, 0.3) is 11.5 Å². The summed E-state index contributed by atoms with van der Waals surface area (Å²) in [4.78, 5) is 34.4. The van der Waals surface area contributed by atoms with E-state index < -0.39 is 11.2 Å². The van der Waals surface area contributed by atoms with Gasteiger partial charge in [0.15, 0.2) is 5.49 Å². The van der Waals surface area contributed by atoms with Crippen LogP contribution in [0, 0.1) is 5.41 Å². The smallest absolute Gasteiger partial charge is 0.291 e. The minimum Gasteiger partial charge on any atom is -0.385 e. The number of piperidine rings is 1. The van der Waals surface area contributed by atoms with Crippen LogP contribution < -0.4 is 11.0 Å². The molecule has 172 valence electrons. The van der Waals surface area contributed by atoms with Crippen molar-refractivity contribution in [2.45, 2.75) is 38.2 Å². The van der Waals surface area contributed by atoms with E-state index in [1.165, 1.54) is 0 Å². The Balaban J connectivity index is 1.62. The van der Waals surface area contributed by atoms with E-state index in [1.807, 2.05) is 37.3 Å². The predicted octanol–water partition coefficient (Wildman–Crippen LogP) is 2.61. The number of H-pyrrole nitrogens is 1. The molecule has 1 aliphatic rings. The quantitative estimate of drug-likeness (QED) is 0.422. The van der Waals surface area contributed by atoms with E-state index in [1.54, 1.807) is 34.7 Å². The van der Waals surface area contributed by atoms with Crippen molar-refractivity contribution in [2.24, 2.45) is 4.99 Å². The predicted molar refractivity (Wildman–Crippen MR) is 128 cm³/mol. The molecule has 1 saturated heterocycles. The Morgan fingerprint density at radius 2 is 1.88 bits per heavy atom. The summed E-state index contributed by atoms with van der Waals surface area (Å²) in [6.07, 6.45) is 2.38. The lowest BCUT2D eigenvalue weighted by Gasteiger charge is -2.38. The number of likely N-dealkylation sites (tertiary alicyclic amines) is 1. The topological polar surface area (TPSA) is 115 Å². The highest BCUT2D eigenvalue weighted by Crippen LogP contribution is 2.33. The van der Waals surface area contributed by atoms with Crippen LogP contribution in [0.4, 0.5) is 0 Å². The number of aliphatic imine (C=N–C) groups is 1. The Hall–Kier alpha value is -3.52. The van der Waals surface area contributed by atoms with Crippen molar-refractivity contribution in [2.75, 3.05) is 20.1 Å². The van der Waals surface area contributed by atoms with Crippen LogP contribution in [0.2, 0.25) is 0 Å². The molecule has 8 heteroatoms. The van der Waals surface area contributed by atoms with Gasteiger partial charge < -0.3 is 15.0 Å². The van der Waals surface area contributed by atoms with Crippen molar-refractivity contribution >= 4 is 22.8 Å². The second-order valence-corrected chi connectivity index (χ2v) is 8.45. The molecule has 3 N–H and O–H groups in total. The zero-order valence-corrected chi connectivity index (χ0v) is 19.0. The van der Waals surface area contributed by atoms with E-state index in [0.717, 1.165) is 12.0 Å². The zero-order chi connectivity index (χ0) is 23.6. The summed E-state index contributed by atoms with van der Waals surface area (Å²) in [5.74, 6) is 0.487. The Bertz CT molecular complexity index is 1320. The second-order valence-electron chi connectivity index (χ2n) is 8.45. The molecule has 1 aromatic heterocycles. The highest BCUT2D eigenvalue weighted by molar-refractivity contribution is 5.99. The molecule has 0 unspecified atom stereocenters. The van der Waals surface area contributed by atoms with Crippen molar-refractivity contribution in [3.05, 3.63) is 75.5 Å². The molecule has 0 atom stereocenters. The molecule has 33 heavy (non-hydrogen) atoms. The molecule has 0 radical (unpaired) electrons. The van der Waals surface area contributed by atoms with Gasteiger partial charge in [-0.05, 0) is 43.0 Å². The van der Waals surface area contributed by atoms with E-state index in [0.29, 0.717) is 54.8 Å². The van der Waals surface area contributed by atoms with Crippen LogP contribution in [0.5, 0.6) is 0 Å². The molecule has 8 nitrogen and oxygen atoms in total. The summed E-state index contributed by atoms with van der Waals surface area (Å²) in [5, 5.41) is 19.3. The van der Waals surface area contributed by atoms with E-state index in [9.17, 15) is 14.7 Å². The Kier molecular flexibility index (Phi) is 6.29. The van der Waals surface area contributed by atoms with Crippen molar-refractivity contribution in [1.82, 2.24) is 14.5 Å². The van der Waals surface area contributed by atoms with Crippen LogP contribution in [-0.4, -0.2) is 51.4 Å². The molecule has 0 saturated carbocycles. The molecular weight excluding hydrogens is 418 g/mol. The minimum atomic E-state index is -0.933. The number of aliphatic hydroxyl groups is 1. The maximum absolute atomic E-state index is 13.2. The number of nitrogens with zero attached hydrogens (tertiary/aromatic N) is 3. The van der Waals surface area contributed by atoms with Crippen molar-refractivity contribution in [3.8, 4) is 0 Å². The highest BCUT2D eigenvalue weighted by Gasteiger charge is 2.35. The third-order valence-corrected chi connectivity index (χ3v) is 6.35. The Labute approximate surface area is 191 Å². The number of aromatic nitrogens is 2. The first-order valence-electron chi connectivity index (χ1n) is 11.2. The number of fused-ring (bicyclic) bond motifs is 1. The van der Waals surface area contributed by atoms with Gasteiger partial charge in [0, 0.05) is 32.1 Å². The average Bonchev–Trinajstić information content (AvgIpc) is 2.84. The highest BCUT2D eigenvalue weighted by atomic mass is 16.3. The van der Waals surface area contributed by atoms with Gasteiger partial charge in [-0.1, -0.05) is 37.3 Å². The van der Waals surface area contributed by atoms with Gasteiger partial charge in [-0.25, -0.2) is 0 Å². The number of amides is 1. The van der Waals surface area contributed by atoms with Gasteiger partial charge in [0.05, 0.1) is 16.6 Å². The standard InChI is InChI=1S/C25H29N5O3/c1-3-7-21(27-2)30-20-11-10-17(16-19(20)28-23(31)22(30)26)24(32)29-14-12-25(33,13-15-29)18-8-5-4-6-9-18/h4-6,8-11,16,26,33H,3,7,12-15H2,1-2H3,(H,28,31)/b26-22?,27-21-. The van der Waals surface area contributed by atoms with Crippen LogP contribution in [0.15, 0.2) is 58.3 Å². The molecule has 2 aromatic carbocycles. The van der Waals surface area contributed by atoms with Gasteiger partial charge in [-0.2, -0.15) is 0 Å². The molecule has 3 aromatic rings. The van der Waals surface area contributed by atoms with Crippen LogP contribution >= 0.6 is 0 Å². The SMILES string of the molecule is CCC/C(=N/C)n1c(=N)c(=O)[nH]c2cc(C(=O)N3CCC(O)(c4ccccc4)CC3)ccc21. The number of benzene rings is 2. The van der Waals surface area contributed by atoms with Gasteiger partial charge in [0.2, 0.25) is 0 Å². The number of rotatable bonds is 4. The van der Waals surface area contributed by atoms with E-state index >= 15 is 0 Å². The fraction of sp³-hybridized carbons (Fsp3) is 0.360. The monoisotopic (exact) mass is 447 g/mol. The fourth-order valence-corrected chi connectivity index (χ4v) is 4.48. The Morgan fingerprint density at radius 3 is 2.52 bits per heavy atom. The van der Waals surface area contributed by atoms with Gasteiger partial charge in [0.1, 0.15) is 5.84 Å². The number of carbonyl (C=O) groups excluding carboxylic acids is 1. The summed E-state index contributed by atoms with van der Waals surface area (Å²) in [5.41, 5.74) is 0.786. The van der Waals surface area contributed by atoms with E-state index in [2.05, 4.69) is 9.98 Å². The lowest BCUT2D eigenvalue weighted by Crippen LogP contribution is -2.45. The number of hydrogen-bond donors (Lipinski definition) is 3. The number of nitrogens with one attached hydrogen (secondary N) is 2. The van der Waals surface area contributed by atoms with E-state index in [-0.39, 0.29) is 11.4 Å². The van der Waals surface area contributed by atoms with Gasteiger partial charge in [-0.3, -0.25) is 24.6 Å². The first kappa shape index (κ1) is 22.7. The van der Waals surface area contributed by atoms with Crippen molar-refractivity contribution in [1.29, 1.82) is 5.41 Å². The van der Waals surface area contributed by atoms with Crippen LogP contribution in [0.3, 0.4) is 0 Å². The minimum absolute atomic E-state index is 0.146. The Morgan fingerprint density at radius 1 is 1.18 bits per heavy atom. The van der Waals surface area contributed by atoms with Crippen molar-refractivity contribution in [3.63, 3.8) is 0 Å². The summed E-state index contributed by atoms with van der Waals surface area (Å²) in [6, 6.07) is 14.7. The zero-order valence-electron chi connectivity index (χ0n) is 19.0. The van der Waals surface area contributed by atoms with Crippen LogP contribution in [0.1, 0.15) is 48.5 Å². The molecule has 1 fully saturated rings. The lowest BCUT2D eigenvalue weighted by molar-refractivity contribution is -0.0211. The first-order valence-corrected chi connectivity index (χ1v) is 11.2. The second kappa shape index (κ2) is 9.15. The molecule has 0 spiro atoms. The summed E-state index contributed by atoms with van der Waals surface area (Å²) in [6.45, 7) is 2.89. The molecule has 1 aliphatic heterocycles. The molecule has 0 bridgehead atoms. The maximum Gasteiger partial charge on any atom is 0.291 e. The van der Waals surface area contributed by atoms with E-state index in [4.69, 9.17) is 5.41 Å². The van der Waals surface area contributed by atoms with Crippen molar-refractivity contribution < 1.29 is 9.90 Å². The molecule has 2 heterocycles. The number of aromatic amines is 1. The molecule has 4 rings (SSSR count). The normalized spacial score (nSPS) is 16.2. The molecular formula is C25H29N5O3. The lowest BCUT2D eigenvalue weighted by atomic mass is 9.84. The number of hydrogen-bond acceptors (Lipinski definition) is 5. The first-order chi connectivity index (χ1) is 15.9. The van der Waals surface area contributed by atoms with Crippen LogP contribution in [0.25, 0.3) is 11.0 Å². The summed E-state index contributed by atoms with van der Waals surface area (Å²) in [7, 11) is 1.65. The van der Waals surface area contributed by atoms with Gasteiger partial charge in [-0.15, -0.1) is 0 Å². The largest absolute Gasteiger partial charge is 0.385 e. The molecule has 0 aliphatic carbocycles. The third kappa shape index (κ3) is 4.26. The summed E-state index contributed by atoms with van der Waals surface area (Å²) < 4.78 is 1.55. The molecule has 1 amide bonds. The van der Waals surface area contributed by atoms with Crippen LogP contribution in [-0.2, 0) is 5.60 Å². The summed E-state index contributed by atoms with van der Waals surface area (Å²) >= 11 is 0. The number of carbonyl (C=O) groups is 1.